The van der Waals surface area contributed by atoms with Crippen LogP contribution < -0.4 is 0 Å². The molecule has 0 saturated heterocycles. The molecule has 0 saturated carbocycles. The molecule has 0 atom stereocenters. The summed E-state index contributed by atoms with van der Waals surface area (Å²) in [7, 11) is 0. The van der Waals surface area contributed by atoms with Gasteiger partial charge in [-0.25, -0.2) is 49.8 Å². The van der Waals surface area contributed by atoms with Crippen molar-refractivity contribution in [3.05, 3.63) is 211 Å². The van der Waals surface area contributed by atoms with Crippen LogP contribution in [0.25, 0.3) is 118 Å². The average molecular weight is 943 g/mol. The molecule has 12 nitrogen and oxygen atoms in total. The van der Waals surface area contributed by atoms with E-state index in [1.54, 1.807) is 0 Å². The van der Waals surface area contributed by atoms with Gasteiger partial charge in [0.2, 0.25) is 0 Å². The molecule has 0 N–H and O–H groups in total. The van der Waals surface area contributed by atoms with E-state index >= 15 is 0 Å². The number of aromatic nitrogens is 11. The number of hydrogen-bond donors (Lipinski definition) is 0. The number of aryl methyl sites for hydroxylation is 4. The predicted molar refractivity (Wildman–Crippen MR) is 286 cm³/mol. The lowest BCUT2D eigenvalue weighted by Gasteiger charge is -2.20. The summed E-state index contributed by atoms with van der Waals surface area (Å²) in [6.45, 7) is 7.49. The van der Waals surface area contributed by atoms with Crippen LogP contribution in [-0.4, -0.2) is 54.4 Å². The first-order chi connectivity index (χ1) is 35.7. The number of benzene rings is 7. The molecule has 0 unspecified atom stereocenters. The van der Waals surface area contributed by atoms with Crippen LogP contribution >= 0.6 is 0 Å². The van der Waals surface area contributed by atoms with Gasteiger partial charge in [0.15, 0.2) is 23.3 Å². The standard InChI is InChI=1S/C61H42N12/c1-36-63-37(2)66-59(65-36)45-25-27-47-48-28-26-46(60-67-38(3)64-39(4)68-60)32-56(48)73(55(47)31-45)57-49(54-34-53(43-21-13-7-14-22-43)69-58(72-54)44-23-15-8-16-24-44)29-40(35-62)30-50(57)61-70-51(41-17-9-5-10-18-41)33-52(71-61)42-19-11-6-12-20-42/h5-34H,1-4H3. The summed E-state index contributed by atoms with van der Waals surface area (Å²) in [5.74, 6) is 4.48. The molecular formula is C61H42N12. The highest BCUT2D eigenvalue weighted by atomic mass is 15.0. The Bertz CT molecular complexity index is 3720. The Morgan fingerprint density at radius 2 is 0.699 bits per heavy atom. The van der Waals surface area contributed by atoms with Gasteiger partial charge in [-0.05, 0) is 64.1 Å². The summed E-state index contributed by atoms with van der Waals surface area (Å²) >= 11 is 0. The van der Waals surface area contributed by atoms with Gasteiger partial charge in [-0.3, -0.25) is 0 Å². The topological polar surface area (TPSA) is 158 Å². The van der Waals surface area contributed by atoms with Crippen LogP contribution in [0.5, 0.6) is 0 Å². The van der Waals surface area contributed by atoms with E-state index in [1.165, 1.54) is 0 Å². The molecule has 5 aromatic heterocycles. The zero-order chi connectivity index (χ0) is 49.6. The average Bonchev–Trinajstić information content (AvgIpc) is 3.75. The summed E-state index contributed by atoms with van der Waals surface area (Å²) in [6.07, 6.45) is 0. The molecule has 7 aromatic carbocycles. The molecule has 12 aromatic rings. The van der Waals surface area contributed by atoms with Crippen molar-refractivity contribution in [1.82, 2.24) is 54.4 Å². The minimum atomic E-state index is 0.388. The largest absolute Gasteiger partial charge is 0.308 e. The van der Waals surface area contributed by atoms with Crippen molar-refractivity contribution in [2.24, 2.45) is 0 Å². The van der Waals surface area contributed by atoms with Crippen LogP contribution in [0.15, 0.2) is 182 Å². The Hall–Kier alpha value is -9.99. The number of nitrogens with zero attached hydrogens (tertiary/aromatic N) is 12. The second-order valence-corrected chi connectivity index (χ2v) is 17.7. The van der Waals surface area contributed by atoms with Crippen molar-refractivity contribution in [2.75, 3.05) is 0 Å². The lowest BCUT2D eigenvalue weighted by Crippen LogP contribution is -2.06. The Labute approximate surface area is 420 Å². The van der Waals surface area contributed by atoms with Gasteiger partial charge in [-0.15, -0.1) is 0 Å². The van der Waals surface area contributed by atoms with Crippen LogP contribution in [0.2, 0.25) is 0 Å². The number of hydrogen-bond acceptors (Lipinski definition) is 11. The molecule has 12 heteroatoms. The Balaban J connectivity index is 1.26. The van der Waals surface area contributed by atoms with Crippen molar-refractivity contribution in [3.8, 4) is 102 Å². The van der Waals surface area contributed by atoms with E-state index in [0.29, 0.717) is 91.7 Å². The third-order valence-electron chi connectivity index (χ3n) is 12.7. The monoisotopic (exact) mass is 942 g/mol. The third-order valence-corrected chi connectivity index (χ3v) is 12.7. The smallest absolute Gasteiger partial charge is 0.163 e. The van der Waals surface area contributed by atoms with Crippen LogP contribution in [0.3, 0.4) is 0 Å². The predicted octanol–water partition coefficient (Wildman–Crippen LogP) is 13.2. The summed E-state index contributed by atoms with van der Waals surface area (Å²) < 4.78 is 2.23. The summed E-state index contributed by atoms with van der Waals surface area (Å²) in [5.41, 5.74) is 11.8. The van der Waals surface area contributed by atoms with E-state index in [9.17, 15) is 5.26 Å². The first kappa shape index (κ1) is 44.2. The minimum Gasteiger partial charge on any atom is -0.308 e. The maximum absolute atomic E-state index is 11.1. The highest BCUT2D eigenvalue weighted by Crippen LogP contribution is 2.44. The maximum atomic E-state index is 11.1. The van der Waals surface area contributed by atoms with Gasteiger partial charge in [0.05, 0.1) is 51.1 Å². The Morgan fingerprint density at radius 3 is 1.14 bits per heavy atom. The van der Waals surface area contributed by atoms with E-state index in [2.05, 4.69) is 57.0 Å². The quantitative estimate of drug-likeness (QED) is 0.136. The molecule has 12 rings (SSSR count). The molecular weight excluding hydrogens is 901 g/mol. The zero-order valence-corrected chi connectivity index (χ0v) is 40.2. The van der Waals surface area contributed by atoms with E-state index < -0.39 is 0 Å². The van der Waals surface area contributed by atoms with Gasteiger partial charge in [0.1, 0.15) is 23.3 Å². The molecule has 0 bridgehead atoms. The minimum absolute atomic E-state index is 0.388. The second-order valence-electron chi connectivity index (χ2n) is 17.7. The van der Waals surface area contributed by atoms with Gasteiger partial charge in [0, 0.05) is 55.3 Å². The fraction of sp³-hybridized carbons (Fsp3) is 0.0656. The molecule has 73 heavy (non-hydrogen) atoms. The molecule has 0 aliphatic carbocycles. The van der Waals surface area contributed by atoms with E-state index in [0.717, 1.165) is 55.2 Å². The van der Waals surface area contributed by atoms with Gasteiger partial charge in [0.25, 0.3) is 0 Å². The molecule has 0 spiro atoms. The first-order valence-corrected chi connectivity index (χ1v) is 23.8. The summed E-state index contributed by atoms with van der Waals surface area (Å²) in [6, 6.07) is 63.1. The van der Waals surface area contributed by atoms with Crippen molar-refractivity contribution in [2.45, 2.75) is 27.7 Å². The van der Waals surface area contributed by atoms with Gasteiger partial charge < -0.3 is 4.57 Å². The number of nitriles is 1. The molecule has 5 heterocycles. The van der Waals surface area contributed by atoms with Crippen molar-refractivity contribution >= 4 is 21.8 Å². The Morgan fingerprint density at radius 1 is 0.329 bits per heavy atom. The van der Waals surface area contributed by atoms with Crippen LogP contribution in [0.1, 0.15) is 28.9 Å². The van der Waals surface area contributed by atoms with Crippen molar-refractivity contribution in [3.63, 3.8) is 0 Å². The summed E-state index contributed by atoms with van der Waals surface area (Å²) in [5, 5.41) is 13.0. The van der Waals surface area contributed by atoms with Gasteiger partial charge >= 0.3 is 0 Å². The molecule has 0 fully saturated rings. The van der Waals surface area contributed by atoms with Crippen LogP contribution in [-0.2, 0) is 0 Å². The van der Waals surface area contributed by atoms with Crippen molar-refractivity contribution in [1.29, 1.82) is 5.26 Å². The third kappa shape index (κ3) is 8.51. The van der Waals surface area contributed by atoms with E-state index in [4.69, 9.17) is 39.9 Å². The van der Waals surface area contributed by atoms with Gasteiger partial charge in [-0.2, -0.15) is 5.26 Å². The fourth-order valence-electron chi connectivity index (χ4n) is 9.47. The maximum Gasteiger partial charge on any atom is 0.163 e. The molecule has 346 valence electrons. The molecule has 0 aliphatic heterocycles. The lowest BCUT2D eigenvalue weighted by molar-refractivity contribution is 0.928. The first-order valence-electron chi connectivity index (χ1n) is 23.8. The van der Waals surface area contributed by atoms with Crippen LogP contribution in [0.4, 0.5) is 0 Å². The molecule has 0 amide bonds. The van der Waals surface area contributed by atoms with E-state index in [-0.39, 0.29) is 0 Å². The SMILES string of the molecule is Cc1nc(C)nc(-c2ccc3c4ccc(-c5nc(C)nc(C)n5)cc4n(-c4c(-c5cc(-c6ccccc6)nc(-c6ccccc6)n5)cc(C#N)cc4-c4nc(-c5ccccc5)cc(-c5ccccc5)n4)c3c2)n1. The fourth-order valence-corrected chi connectivity index (χ4v) is 9.47. The summed E-state index contributed by atoms with van der Waals surface area (Å²) in [4.78, 5) is 49.7. The normalized spacial score (nSPS) is 11.3. The second kappa shape index (κ2) is 18.4. The lowest BCUT2D eigenvalue weighted by atomic mass is 9.97. The Kier molecular flexibility index (Phi) is 11.1. The number of rotatable bonds is 9. The zero-order valence-electron chi connectivity index (χ0n) is 40.2. The highest BCUT2D eigenvalue weighted by molar-refractivity contribution is 6.12. The molecule has 0 radical (unpaired) electrons. The van der Waals surface area contributed by atoms with Crippen LogP contribution in [0, 0.1) is 39.0 Å². The van der Waals surface area contributed by atoms with E-state index in [1.807, 2.05) is 173 Å². The number of fused-ring (bicyclic) bond motifs is 3. The van der Waals surface area contributed by atoms with Gasteiger partial charge in [-0.1, -0.05) is 146 Å². The molecule has 0 aliphatic rings. The van der Waals surface area contributed by atoms with Crippen molar-refractivity contribution < 1.29 is 0 Å². The highest BCUT2D eigenvalue weighted by Gasteiger charge is 2.26.